The van der Waals surface area contributed by atoms with Crippen molar-refractivity contribution in [1.82, 2.24) is 9.80 Å². The van der Waals surface area contributed by atoms with Crippen LogP contribution in [-0.4, -0.2) is 47.8 Å². The van der Waals surface area contributed by atoms with Crippen molar-refractivity contribution in [3.63, 3.8) is 0 Å². The second kappa shape index (κ2) is 7.78. The van der Waals surface area contributed by atoms with Crippen molar-refractivity contribution in [3.05, 3.63) is 69.9 Å². The Morgan fingerprint density at radius 3 is 2.16 bits per heavy atom. The van der Waals surface area contributed by atoms with E-state index in [0.717, 1.165) is 10.0 Å². The maximum atomic E-state index is 12.9. The summed E-state index contributed by atoms with van der Waals surface area (Å²) >= 11 is 3.40. The molecule has 1 heterocycles. The van der Waals surface area contributed by atoms with Gasteiger partial charge in [0.25, 0.3) is 5.91 Å². The standard InChI is InChI=1S/C19H18BrFN2O2/c20-17-4-2-1-3-16(17)19(25)23-11-9-22(10-12-23)18(24)13-14-5-7-15(21)8-6-14/h1-8H,9-13H2. The van der Waals surface area contributed by atoms with Crippen LogP contribution in [0.15, 0.2) is 53.0 Å². The summed E-state index contributed by atoms with van der Waals surface area (Å²) in [4.78, 5) is 28.5. The van der Waals surface area contributed by atoms with E-state index in [2.05, 4.69) is 15.9 Å². The van der Waals surface area contributed by atoms with Gasteiger partial charge in [0.15, 0.2) is 0 Å². The summed E-state index contributed by atoms with van der Waals surface area (Å²) in [5.41, 5.74) is 1.42. The fourth-order valence-electron chi connectivity index (χ4n) is 2.85. The Kier molecular flexibility index (Phi) is 5.48. The monoisotopic (exact) mass is 404 g/mol. The highest BCUT2D eigenvalue weighted by Crippen LogP contribution is 2.19. The SMILES string of the molecule is O=C(Cc1ccc(F)cc1)N1CCN(C(=O)c2ccccc2Br)CC1. The number of hydrogen-bond donors (Lipinski definition) is 0. The molecule has 6 heteroatoms. The van der Waals surface area contributed by atoms with Crippen molar-refractivity contribution in [2.45, 2.75) is 6.42 Å². The Bertz CT molecular complexity index is 771. The van der Waals surface area contributed by atoms with Gasteiger partial charge in [-0.05, 0) is 45.8 Å². The van der Waals surface area contributed by atoms with Crippen LogP contribution in [0.5, 0.6) is 0 Å². The zero-order valence-electron chi connectivity index (χ0n) is 13.6. The van der Waals surface area contributed by atoms with E-state index in [0.29, 0.717) is 31.7 Å². The van der Waals surface area contributed by atoms with Crippen LogP contribution in [0.3, 0.4) is 0 Å². The summed E-state index contributed by atoms with van der Waals surface area (Å²) in [6.45, 7) is 2.04. The molecular weight excluding hydrogens is 387 g/mol. The maximum Gasteiger partial charge on any atom is 0.255 e. The second-order valence-corrected chi connectivity index (χ2v) is 6.81. The fourth-order valence-corrected chi connectivity index (χ4v) is 3.31. The van der Waals surface area contributed by atoms with Crippen molar-refractivity contribution >= 4 is 27.7 Å². The molecule has 0 aliphatic carbocycles. The van der Waals surface area contributed by atoms with Gasteiger partial charge in [0.1, 0.15) is 5.82 Å². The molecule has 0 spiro atoms. The topological polar surface area (TPSA) is 40.6 Å². The molecule has 0 N–H and O–H groups in total. The van der Waals surface area contributed by atoms with E-state index in [1.54, 1.807) is 28.0 Å². The van der Waals surface area contributed by atoms with Gasteiger partial charge in [0.2, 0.25) is 5.91 Å². The first-order valence-electron chi connectivity index (χ1n) is 8.10. The zero-order valence-corrected chi connectivity index (χ0v) is 15.2. The molecule has 0 saturated carbocycles. The zero-order chi connectivity index (χ0) is 17.8. The van der Waals surface area contributed by atoms with Crippen LogP contribution in [0.2, 0.25) is 0 Å². The average molecular weight is 405 g/mol. The van der Waals surface area contributed by atoms with Gasteiger partial charge in [-0.25, -0.2) is 4.39 Å². The molecule has 3 rings (SSSR count). The number of benzene rings is 2. The average Bonchev–Trinajstić information content (AvgIpc) is 2.63. The van der Waals surface area contributed by atoms with Gasteiger partial charge in [-0.3, -0.25) is 9.59 Å². The Labute approximate surface area is 154 Å². The molecule has 1 aliphatic rings. The second-order valence-electron chi connectivity index (χ2n) is 5.96. The third-order valence-corrected chi connectivity index (χ3v) is 4.98. The van der Waals surface area contributed by atoms with Crippen LogP contribution >= 0.6 is 15.9 Å². The number of carbonyl (C=O) groups is 2. The Balaban J connectivity index is 1.56. The van der Waals surface area contributed by atoms with Gasteiger partial charge in [-0.1, -0.05) is 24.3 Å². The van der Waals surface area contributed by atoms with Crippen molar-refractivity contribution in [1.29, 1.82) is 0 Å². The predicted molar refractivity (Wildman–Crippen MR) is 96.7 cm³/mol. The Hall–Kier alpha value is -2.21. The highest BCUT2D eigenvalue weighted by Gasteiger charge is 2.25. The molecule has 2 amide bonds. The quantitative estimate of drug-likeness (QED) is 0.788. The van der Waals surface area contributed by atoms with E-state index in [1.165, 1.54) is 12.1 Å². The minimum absolute atomic E-state index is 0.000371. The van der Waals surface area contributed by atoms with Gasteiger partial charge in [-0.2, -0.15) is 0 Å². The van der Waals surface area contributed by atoms with Crippen molar-refractivity contribution in [3.8, 4) is 0 Å². The summed E-state index contributed by atoms with van der Waals surface area (Å²) in [6, 6.07) is 13.3. The largest absolute Gasteiger partial charge is 0.339 e. The minimum atomic E-state index is -0.310. The lowest BCUT2D eigenvalue weighted by Crippen LogP contribution is -2.51. The summed E-state index contributed by atoms with van der Waals surface area (Å²) in [7, 11) is 0. The number of halogens is 2. The lowest BCUT2D eigenvalue weighted by atomic mass is 10.1. The van der Waals surface area contributed by atoms with Gasteiger partial charge in [-0.15, -0.1) is 0 Å². The molecule has 2 aromatic rings. The smallest absolute Gasteiger partial charge is 0.255 e. The number of piperazine rings is 1. The Morgan fingerprint density at radius 2 is 1.52 bits per heavy atom. The summed E-state index contributed by atoms with van der Waals surface area (Å²) < 4.78 is 13.7. The van der Waals surface area contributed by atoms with E-state index in [4.69, 9.17) is 0 Å². The highest BCUT2D eigenvalue weighted by molar-refractivity contribution is 9.10. The van der Waals surface area contributed by atoms with E-state index in [-0.39, 0.29) is 24.1 Å². The van der Waals surface area contributed by atoms with E-state index >= 15 is 0 Å². The summed E-state index contributed by atoms with van der Waals surface area (Å²) in [5.74, 6) is -0.340. The first-order valence-corrected chi connectivity index (χ1v) is 8.90. The molecule has 0 aromatic heterocycles. The molecule has 0 radical (unpaired) electrons. The molecule has 1 saturated heterocycles. The fraction of sp³-hybridized carbons (Fsp3) is 0.263. The number of nitrogens with zero attached hydrogens (tertiary/aromatic N) is 2. The van der Waals surface area contributed by atoms with Crippen LogP contribution in [-0.2, 0) is 11.2 Å². The van der Waals surface area contributed by atoms with Crippen molar-refractivity contribution < 1.29 is 14.0 Å². The van der Waals surface area contributed by atoms with Gasteiger partial charge >= 0.3 is 0 Å². The molecule has 25 heavy (non-hydrogen) atoms. The molecule has 4 nitrogen and oxygen atoms in total. The molecular formula is C19H18BrFN2O2. The number of rotatable bonds is 3. The molecule has 130 valence electrons. The maximum absolute atomic E-state index is 12.9. The highest BCUT2D eigenvalue weighted by atomic mass is 79.9. The minimum Gasteiger partial charge on any atom is -0.339 e. The van der Waals surface area contributed by atoms with Crippen LogP contribution in [0.4, 0.5) is 4.39 Å². The molecule has 0 unspecified atom stereocenters. The molecule has 1 aliphatic heterocycles. The van der Waals surface area contributed by atoms with E-state index in [9.17, 15) is 14.0 Å². The summed E-state index contributed by atoms with van der Waals surface area (Å²) in [6.07, 6.45) is 0.248. The van der Waals surface area contributed by atoms with Crippen LogP contribution in [0.25, 0.3) is 0 Å². The van der Waals surface area contributed by atoms with Crippen molar-refractivity contribution in [2.75, 3.05) is 26.2 Å². The normalized spacial score (nSPS) is 14.5. The van der Waals surface area contributed by atoms with Crippen molar-refractivity contribution in [2.24, 2.45) is 0 Å². The number of hydrogen-bond acceptors (Lipinski definition) is 2. The molecule has 0 bridgehead atoms. The Morgan fingerprint density at radius 1 is 0.920 bits per heavy atom. The lowest BCUT2D eigenvalue weighted by Gasteiger charge is -2.35. The van der Waals surface area contributed by atoms with Crippen LogP contribution in [0, 0.1) is 5.82 Å². The van der Waals surface area contributed by atoms with Gasteiger partial charge in [0.05, 0.1) is 12.0 Å². The molecule has 0 atom stereocenters. The third-order valence-electron chi connectivity index (χ3n) is 4.29. The lowest BCUT2D eigenvalue weighted by molar-refractivity contribution is -0.131. The number of amides is 2. The van der Waals surface area contributed by atoms with E-state index < -0.39 is 0 Å². The van der Waals surface area contributed by atoms with Crippen LogP contribution < -0.4 is 0 Å². The first-order chi connectivity index (χ1) is 12.0. The van der Waals surface area contributed by atoms with Gasteiger partial charge < -0.3 is 9.80 Å². The third kappa shape index (κ3) is 4.25. The summed E-state index contributed by atoms with van der Waals surface area (Å²) in [5, 5.41) is 0. The predicted octanol–water partition coefficient (Wildman–Crippen LogP) is 3.12. The van der Waals surface area contributed by atoms with E-state index in [1.807, 2.05) is 18.2 Å². The molecule has 2 aromatic carbocycles. The molecule has 1 fully saturated rings. The number of carbonyl (C=O) groups excluding carboxylic acids is 2. The van der Waals surface area contributed by atoms with Crippen LogP contribution in [0.1, 0.15) is 15.9 Å². The van der Waals surface area contributed by atoms with Gasteiger partial charge in [0, 0.05) is 30.7 Å². The first kappa shape index (κ1) is 17.6.